The van der Waals surface area contributed by atoms with E-state index in [9.17, 15) is 9.59 Å². The van der Waals surface area contributed by atoms with E-state index in [1.807, 2.05) is 77.7 Å². The van der Waals surface area contributed by atoms with E-state index in [2.05, 4.69) is 29.3 Å². The van der Waals surface area contributed by atoms with Gasteiger partial charge in [-0.15, -0.1) is 0 Å². The van der Waals surface area contributed by atoms with E-state index in [1.165, 1.54) is 0 Å². The lowest BCUT2D eigenvalue weighted by Gasteiger charge is -2.38. The molecule has 0 unspecified atom stereocenters. The molecule has 5 nitrogen and oxygen atoms in total. The average Bonchev–Trinajstić information content (AvgIpc) is 2.89. The lowest BCUT2D eigenvalue weighted by molar-refractivity contribution is -0.118. The molecular weight excluding hydrogens is 422 g/mol. The summed E-state index contributed by atoms with van der Waals surface area (Å²) in [6.45, 7) is 4.83. The first-order valence-electron chi connectivity index (χ1n) is 12.2. The Labute approximate surface area is 202 Å². The molecule has 1 fully saturated rings. The SMILES string of the molecule is CCCN(CC(=O)Nc1ccc(-c2ccccc2)cc1)C1CCN(C(=O)c2ccccc2)CC1. The summed E-state index contributed by atoms with van der Waals surface area (Å²) in [5.41, 5.74) is 3.84. The minimum Gasteiger partial charge on any atom is -0.339 e. The van der Waals surface area contributed by atoms with E-state index in [4.69, 9.17) is 0 Å². The molecule has 1 saturated heterocycles. The Kier molecular flexibility index (Phi) is 8.10. The van der Waals surface area contributed by atoms with Crippen LogP contribution in [-0.4, -0.2) is 53.8 Å². The molecule has 176 valence electrons. The molecule has 4 rings (SSSR count). The molecule has 1 aliphatic heterocycles. The number of anilines is 1. The molecule has 0 spiro atoms. The second kappa shape index (κ2) is 11.6. The van der Waals surface area contributed by atoms with Crippen LogP contribution in [0.15, 0.2) is 84.9 Å². The Morgan fingerprint density at radius 2 is 1.44 bits per heavy atom. The molecule has 0 saturated carbocycles. The zero-order valence-electron chi connectivity index (χ0n) is 19.8. The maximum atomic E-state index is 12.8. The average molecular weight is 456 g/mol. The summed E-state index contributed by atoms with van der Waals surface area (Å²) in [5, 5.41) is 3.05. The third-order valence-corrected chi connectivity index (χ3v) is 6.42. The molecule has 2 amide bonds. The van der Waals surface area contributed by atoms with E-state index in [1.54, 1.807) is 0 Å². The predicted molar refractivity (Wildman–Crippen MR) is 138 cm³/mol. The molecule has 1 N–H and O–H groups in total. The number of piperidine rings is 1. The summed E-state index contributed by atoms with van der Waals surface area (Å²) in [6.07, 6.45) is 2.76. The molecule has 34 heavy (non-hydrogen) atoms. The summed E-state index contributed by atoms with van der Waals surface area (Å²) >= 11 is 0. The Morgan fingerprint density at radius 1 is 0.853 bits per heavy atom. The third-order valence-electron chi connectivity index (χ3n) is 6.42. The number of carbonyl (C=O) groups excluding carboxylic acids is 2. The fraction of sp³-hybridized carbons (Fsp3) is 0.310. The zero-order chi connectivity index (χ0) is 23.8. The number of amides is 2. The van der Waals surface area contributed by atoms with Crippen LogP contribution in [0.4, 0.5) is 5.69 Å². The van der Waals surface area contributed by atoms with Gasteiger partial charge in [-0.1, -0.05) is 67.6 Å². The van der Waals surface area contributed by atoms with Gasteiger partial charge in [0.2, 0.25) is 5.91 Å². The minimum absolute atomic E-state index is 0.00343. The number of benzene rings is 3. The van der Waals surface area contributed by atoms with Crippen molar-refractivity contribution in [2.24, 2.45) is 0 Å². The molecule has 3 aromatic carbocycles. The number of hydrogen-bond donors (Lipinski definition) is 1. The lowest BCUT2D eigenvalue weighted by atomic mass is 10.0. The summed E-state index contributed by atoms with van der Waals surface area (Å²) in [5.74, 6) is 0.0986. The van der Waals surface area contributed by atoms with E-state index >= 15 is 0 Å². The van der Waals surface area contributed by atoms with Crippen LogP contribution in [-0.2, 0) is 4.79 Å². The fourth-order valence-electron chi connectivity index (χ4n) is 4.64. The third kappa shape index (κ3) is 6.12. The Hall–Kier alpha value is -3.44. The van der Waals surface area contributed by atoms with E-state index in [0.717, 1.165) is 61.3 Å². The van der Waals surface area contributed by atoms with Gasteiger partial charge in [0.25, 0.3) is 5.91 Å². The second-order valence-corrected chi connectivity index (χ2v) is 8.85. The van der Waals surface area contributed by atoms with Gasteiger partial charge in [0.1, 0.15) is 0 Å². The highest BCUT2D eigenvalue weighted by molar-refractivity contribution is 5.94. The van der Waals surface area contributed by atoms with Crippen LogP contribution in [0.5, 0.6) is 0 Å². The maximum Gasteiger partial charge on any atom is 0.253 e. The maximum absolute atomic E-state index is 12.8. The van der Waals surface area contributed by atoms with Gasteiger partial charge in [-0.25, -0.2) is 0 Å². The standard InChI is InChI=1S/C29H33N3O2/c1-2-19-32(27-17-20-31(21-18-27)29(34)25-11-7-4-8-12-25)22-28(33)30-26-15-13-24(14-16-26)23-9-5-3-6-10-23/h3-16,27H,2,17-22H2,1H3,(H,30,33). The normalized spacial score (nSPS) is 14.2. The molecule has 5 heteroatoms. The fourth-order valence-corrected chi connectivity index (χ4v) is 4.64. The van der Waals surface area contributed by atoms with Crippen LogP contribution in [0.2, 0.25) is 0 Å². The Bertz CT molecular complexity index is 1060. The van der Waals surface area contributed by atoms with Crippen molar-refractivity contribution in [1.82, 2.24) is 9.80 Å². The van der Waals surface area contributed by atoms with Crippen molar-refractivity contribution >= 4 is 17.5 Å². The highest BCUT2D eigenvalue weighted by Gasteiger charge is 2.28. The minimum atomic E-state index is 0.00343. The van der Waals surface area contributed by atoms with Crippen LogP contribution < -0.4 is 5.32 Å². The van der Waals surface area contributed by atoms with Crippen molar-refractivity contribution in [3.05, 3.63) is 90.5 Å². The van der Waals surface area contributed by atoms with Crippen molar-refractivity contribution < 1.29 is 9.59 Å². The van der Waals surface area contributed by atoms with E-state index < -0.39 is 0 Å². The van der Waals surface area contributed by atoms with Crippen LogP contribution in [0.3, 0.4) is 0 Å². The first-order valence-corrected chi connectivity index (χ1v) is 12.2. The topological polar surface area (TPSA) is 52.7 Å². The van der Waals surface area contributed by atoms with Crippen LogP contribution in [0.25, 0.3) is 11.1 Å². The first-order chi connectivity index (χ1) is 16.6. The van der Waals surface area contributed by atoms with Crippen LogP contribution >= 0.6 is 0 Å². The molecule has 0 aromatic heterocycles. The van der Waals surface area contributed by atoms with Gasteiger partial charge in [0.05, 0.1) is 6.54 Å². The first kappa shape index (κ1) is 23.7. The molecule has 3 aromatic rings. The van der Waals surface area contributed by atoms with Crippen LogP contribution in [0.1, 0.15) is 36.5 Å². The number of nitrogens with zero attached hydrogens (tertiary/aromatic N) is 2. The predicted octanol–water partition coefficient (Wildman–Crippen LogP) is 5.31. The number of likely N-dealkylation sites (tertiary alicyclic amines) is 1. The highest BCUT2D eigenvalue weighted by Crippen LogP contribution is 2.22. The molecule has 0 bridgehead atoms. The summed E-state index contributed by atoms with van der Waals surface area (Å²) in [6, 6.07) is 28.0. The summed E-state index contributed by atoms with van der Waals surface area (Å²) in [4.78, 5) is 29.8. The molecular formula is C29H33N3O2. The van der Waals surface area contributed by atoms with Crippen molar-refractivity contribution in [1.29, 1.82) is 0 Å². The molecule has 0 atom stereocenters. The monoisotopic (exact) mass is 455 g/mol. The largest absolute Gasteiger partial charge is 0.339 e. The quantitative estimate of drug-likeness (QED) is 0.501. The zero-order valence-corrected chi connectivity index (χ0v) is 19.8. The molecule has 1 aliphatic rings. The van der Waals surface area contributed by atoms with Crippen molar-refractivity contribution in [3.63, 3.8) is 0 Å². The van der Waals surface area contributed by atoms with Gasteiger partial charge in [-0.3, -0.25) is 14.5 Å². The summed E-state index contributed by atoms with van der Waals surface area (Å²) < 4.78 is 0. The van der Waals surface area contributed by atoms with Gasteiger partial charge in [-0.05, 0) is 61.2 Å². The smallest absolute Gasteiger partial charge is 0.253 e. The van der Waals surface area contributed by atoms with Crippen LogP contribution in [0, 0.1) is 0 Å². The lowest BCUT2D eigenvalue weighted by Crippen LogP contribution is -2.49. The van der Waals surface area contributed by atoms with Gasteiger partial charge >= 0.3 is 0 Å². The number of hydrogen-bond acceptors (Lipinski definition) is 3. The van der Waals surface area contributed by atoms with Gasteiger partial charge < -0.3 is 10.2 Å². The number of rotatable bonds is 8. The van der Waals surface area contributed by atoms with Crippen molar-refractivity contribution in [2.45, 2.75) is 32.2 Å². The van der Waals surface area contributed by atoms with Gasteiger partial charge in [0.15, 0.2) is 0 Å². The molecule has 0 aliphatic carbocycles. The van der Waals surface area contributed by atoms with Gasteiger partial charge in [0, 0.05) is 30.4 Å². The number of nitrogens with one attached hydrogen (secondary N) is 1. The summed E-state index contributed by atoms with van der Waals surface area (Å²) in [7, 11) is 0. The Balaban J connectivity index is 1.30. The highest BCUT2D eigenvalue weighted by atomic mass is 16.2. The molecule has 1 heterocycles. The van der Waals surface area contributed by atoms with Crippen molar-refractivity contribution in [2.75, 3.05) is 31.5 Å². The number of carbonyl (C=O) groups is 2. The van der Waals surface area contributed by atoms with Crippen molar-refractivity contribution in [3.8, 4) is 11.1 Å². The van der Waals surface area contributed by atoms with E-state index in [-0.39, 0.29) is 11.8 Å². The second-order valence-electron chi connectivity index (χ2n) is 8.85. The molecule has 0 radical (unpaired) electrons. The van der Waals surface area contributed by atoms with Gasteiger partial charge in [-0.2, -0.15) is 0 Å². The van der Waals surface area contributed by atoms with E-state index in [0.29, 0.717) is 12.6 Å². The Morgan fingerprint density at radius 3 is 2.06 bits per heavy atom.